The van der Waals surface area contributed by atoms with E-state index in [1.54, 1.807) is 24.9 Å². The minimum atomic E-state index is 0.367. The first kappa shape index (κ1) is 13.8. The number of hydrogen-bond donors (Lipinski definition) is 1. The van der Waals surface area contributed by atoms with Gasteiger partial charge in [0.15, 0.2) is 5.82 Å². The van der Waals surface area contributed by atoms with Gasteiger partial charge >= 0.3 is 0 Å². The highest BCUT2D eigenvalue weighted by Crippen LogP contribution is 2.28. The molecule has 19 heavy (non-hydrogen) atoms. The van der Waals surface area contributed by atoms with Crippen LogP contribution in [0.3, 0.4) is 0 Å². The van der Waals surface area contributed by atoms with Crippen molar-refractivity contribution in [2.45, 2.75) is 30.4 Å². The Labute approximate surface area is 117 Å². The van der Waals surface area contributed by atoms with E-state index in [9.17, 15) is 0 Å². The van der Waals surface area contributed by atoms with Gasteiger partial charge in [-0.3, -0.25) is 0 Å². The van der Waals surface area contributed by atoms with Crippen molar-refractivity contribution in [1.29, 1.82) is 0 Å². The summed E-state index contributed by atoms with van der Waals surface area (Å²) in [7, 11) is 1.61. The molecule has 0 radical (unpaired) electrons. The average molecular weight is 275 g/mol. The number of rotatable bonds is 4. The summed E-state index contributed by atoms with van der Waals surface area (Å²) in [5.41, 5.74) is 8.33. The molecule has 1 heterocycles. The van der Waals surface area contributed by atoms with E-state index in [2.05, 4.69) is 42.0 Å². The molecule has 0 unspecified atom stereocenters. The smallest absolute Gasteiger partial charge is 0.157 e. The number of methoxy groups -OCH3 is 1. The molecular weight excluding hydrogens is 258 g/mol. The third-order valence-electron chi connectivity index (χ3n) is 2.74. The zero-order valence-electron chi connectivity index (χ0n) is 11.3. The van der Waals surface area contributed by atoms with Crippen molar-refractivity contribution in [2.24, 2.45) is 0 Å². The molecule has 0 atom stereocenters. The average Bonchev–Trinajstić information content (AvgIpc) is 2.33. The van der Waals surface area contributed by atoms with Crippen LogP contribution in [0.1, 0.15) is 17.0 Å². The second-order valence-electron chi connectivity index (χ2n) is 4.33. The number of aryl methyl sites for hydroxylation is 2. The molecule has 5 heteroatoms. The zero-order valence-corrected chi connectivity index (χ0v) is 12.1. The lowest BCUT2D eigenvalue weighted by Crippen LogP contribution is -2.01. The Balaban J connectivity index is 2.24. The summed E-state index contributed by atoms with van der Waals surface area (Å²) >= 11 is 1.58. The summed E-state index contributed by atoms with van der Waals surface area (Å²) in [5.74, 6) is 1.07. The molecule has 0 aliphatic rings. The summed E-state index contributed by atoms with van der Waals surface area (Å²) in [5, 5.41) is 0.836. The maximum atomic E-state index is 5.78. The minimum absolute atomic E-state index is 0.367. The van der Waals surface area contributed by atoms with E-state index in [1.165, 1.54) is 11.1 Å². The fourth-order valence-electron chi connectivity index (χ4n) is 1.64. The van der Waals surface area contributed by atoms with E-state index in [4.69, 9.17) is 10.5 Å². The van der Waals surface area contributed by atoms with E-state index in [0.29, 0.717) is 18.2 Å². The fraction of sp³-hybridized carbons (Fsp3) is 0.286. The van der Waals surface area contributed by atoms with Gasteiger partial charge in [0.05, 0.1) is 0 Å². The lowest BCUT2D eigenvalue weighted by Gasteiger charge is -2.07. The summed E-state index contributed by atoms with van der Waals surface area (Å²) in [6.45, 7) is 4.57. The van der Waals surface area contributed by atoms with Crippen molar-refractivity contribution >= 4 is 17.6 Å². The molecule has 4 nitrogen and oxygen atoms in total. The Bertz CT molecular complexity index is 587. The van der Waals surface area contributed by atoms with Crippen molar-refractivity contribution in [3.63, 3.8) is 0 Å². The van der Waals surface area contributed by atoms with Crippen LogP contribution >= 0.6 is 11.8 Å². The molecular formula is C14H17N3OS. The second kappa shape index (κ2) is 6.04. The van der Waals surface area contributed by atoms with Gasteiger partial charge in [-0.25, -0.2) is 9.97 Å². The SMILES string of the molecule is COCc1nc(N)cc(Sc2ccc(C)c(C)c2)n1. The van der Waals surface area contributed by atoms with Crippen LogP contribution in [-0.2, 0) is 11.3 Å². The van der Waals surface area contributed by atoms with E-state index < -0.39 is 0 Å². The molecule has 1 aromatic carbocycles. The van der Waals surface area contributed by atoms with Gasteiger partial charge in [-0.2, -0.15) is 0 Å². The number of nitrogens with two attached hydrogens (primary N) is 1. The molecule has 0 amide bonds. The van der Waals surface area contributed by atoms with Gasteiger partial charge < -0.3 is 10.5 Å². The van der Waals surface area contributed by atoms with E-state index >= 15 is 0 Å². The molecule has 0 aliphatic carbocycles. The number of nitrogens with zero attached hydrogens (tertiary/aromatic N) is 2. The summed E-state index contributed by atoms with van der Waals surface area (Å²) in [6, 6.07) is 8.12. The van der Waals surface area contributed by atoms with Crippen molar-refractivity contribution < 1.29 is 4.74 Å². The Kier molecular flexibility index (Phi) is 4.39. The number of benzene rings is 1. The van der Waals surface area contributed by atoms with Crippen molar-refractivity contribution in [3.05, 3.63) is 41.2 Å². The number of hydrogen-bond acceptors (Lipinski definition) is 5. The zero-order chi connectivity index (χ0) is 13.8. The molecule has 0 spiro atoms. The van der Waals surface area contributed by atoms with Crippen LogP contribution in [0.2, 0.25) is 0 Å². The topological polar surface area (TPSA) is 61.0 Å². The number of ether oxygens (including phenoxy) is 1. The van der Waals surface area contributed by atoms with Gasteiger partial charge in [0.25, 0.3) is 0 Å². The van der Waals surface area contributed by atoms with E-state index in [0.717, 1.165) is 9.92 Å². The predicted octanol–water partition coefficient (Wildman–Crippen LogP) is 2.97. The largest absolute Gasteiger partial charge is 0.384 e. The first-order valence-electron chi connectivity index (χ1n) is 5.96. The minimum Gasteiger partial charge on any atom is -0.384 e. The van der Waals surface area contributed by atoms with Gasteiger partial charge in [-0.15, -0.1) is 0 Å². The molecule has 0 bridgehead atoms. The number of nitrogen functional groups attached to an aromatic ring is 1. The van der Waals surface area contributed by atoms with Gasteiger partial charge in [0.2, 0.25) is 0 Å². The van der Waals surface area contributed by atoms with Crippen LogP contribution in [0.5, 0.6) is 0 Å². The van der Waals surface area contributed by atoms with Crippen LogP contribution in [0.25, 0.3) is 0 Å². The molecule has 0 fully saturated rings. The van der Waals surface area contributed by atoms with Crippen LogP contribution in [0.4, 0.5) is 5.82 Å². The van der Waals surface area contributed by atoms with E-state index in [1.807, 2.05) is 0 Å². The highest BCUT2D eigenvalue weighted by atomic mass is 32.2. The monoisotopic (exact) mass is 275 g/mol. The third kappa shape index (κ3) is 3.68. The lowest BCUT2D eigenvalue weighted by atomic mass is 10.1. The highest BCUT2D eigenvalue weighted by molar-refractivity contribution is 7.99. The Morgan fingerprint density at radius 1 is 1.16 bits per heavy atom. The van der Waals surface area contributed by atoms with Crippen molar-refractivity contribution in [1.82, 2.24) is 9.97 Å². The third-order valence-corrected chi connectivity index (χ3v) is 3.65. The van der Waals surface area contributed by atoms with Crippen LogP contribution in [0, 0.1) is 13.8 Å². The number of anilines is 1. The van der Waals surface area contributed by atoms with Crippen LogP contribution in [0.15, 0.2) is 34.2 Å². The van der Waals surface area contributed by atoms with Gasteiger partial charge in [-0.05, 0) is 37.1 Å². The second-order valence-corrected chi connectivity index (χ2v) is 5.42. The van der Waals surface area contributed by atoms with Crippen molar-refractivity contribution in [3.8, 4) is 0 Å². The Morgan fingerprint density at radius 2 is 1.95 bits per heavy atom. The summed E-state index contributed by atoms with van der Waals surface area (Å²) in [6.07, 6.45) is 0. The molecule has 1 aromatic heterocycles. The molecule has 0 aliphatic heterocycles. The highest BCUT2D eigenvalue weighted by Gasteiger charge is 2.05. The maximum Gasteiger partial charge on any atom is 0.157 e. The Hall–Kier alpha value is -1.59. The normalized spacial score (nSPS) is 10.7. The van der Waals surface area contributed by atoms with Gasteiger partial charge in [-0.1, -0.05) is 17.8 Å². The quantitative estimate of drug-likeness (QED) is 0.869. The first-order valence-corrected chi connectivity index (χ1v) is 6.77. The van der Waals surface area contributed by atoms with Crippen LogP contribution < -0.4 is 5.73 Å². The predicted molar refractivity (Wildman–Crippen MR) is 77.2 cm³/mol. The fourth-order valence-corrected chi connectivity index (χ4v) is 2.58. The Morgan fingerprint density at radius 3 is 2.63 bits per heavy atom. The summed E-state index contributed by atoms with van der Waals surface area (Å²) in [4.78, 5) is 9.69. The first-order chi connectivity index (χ1) is 9.08. The number of aromatic nitrogens is 2. The van der Waals surface area contributed by atoms with Crippen molar-refractivity contribution in [2.75, 3.05) is 12.8 Å². The standard InChI is InChI=1S/C14H17N3OS/c1-9-4-5-11(6-10(9)2)19-14-7-12(15)16-13(17-14)8-18-3/h4-7H,8H2,1-3H3,(H2,15,16,17). The van der Waals surface area contributed by atoms with E-state index in [-0.39, 0.29) is 0 Å². The molecule has 2 N–H and O–H groups in total. The lowest BCUT2D eigenvalue weighted by molar-refractivity contribution is 0.177. The van der Waals surface area contributed by atoms with Gasteiger partial charge in [0, 0.05) is 18.1 Å². The molecule has 0 saturated carbocycles. The summed E-state index contributed by atoms with van der Waals surface area (Å²) < 4.78 is 5.03. The molecule has 0 saturated heterocycles. The van der Waals surface area contributed by atoms with Gasteiger partial charge in [0.1, 0.15) is 17.5 Å². The maximum absolute atomic E-state index is 5.78. The molecule has 100 valence electrons. The van der Waals surface area contributed by atoms with Crippen LogP contribution in [-0.4, -0.2) is 17.1 Å². The molecule has 2 aromatic rings. The molecule has 2 rings (SSSR count).